The summed E-state index contributed by atoms with van der Waals surface area (Å²) in [5.41, 5.74) is 0. The standard InChI is InChI=1S/C12H19ClN8/c1-3-6-20(4-2)7-5-15-11-17-10(13)18-12(19-11)21-9-14-8-16-21/h8-9H,3-7H2,1-2H3,(H,15,17,18,19). The van der Waals surface area contributed by atoms with Crippen LogP contribution in [0, 0.1) is 0 Å². The van der Waals surface area contributed by atoms with Crippen molar-refractivity contribution in [2.24, 2.45) is 0 Å². The van der Waals surface area contributed by atoms with Crippen molar-refractivity contribution < 1.29 is 0 Å². The zero-order valence-electron chi connectivity index (χ0n) is 12.2. The van der Waals surface area contributed by atoms with Gasteiger partial charge < -0.3 is 10.2 Å². The highest BCUT2D eigenvalue weighted by atomic mass is 35.5. The summed E-state index contributed by atoms with van der Waals surface area (Å²) in [6.45, 7) is 8.10. The Kier molecular flexibility index (Phi) is 5.82. The average Bonchev–Trinajstić information content (AvgIpc) is 3.00. The SMILES string of the molecule is CCCN(CC)CCNc1nc(Cl)nc(-n2cncn2)n1. The number of aromatic nitrogens is 6. The number of hydrogen-bond acceptors (Lipinski definition) is 7. The van der Waals surface area contributed by atoms with Gasteiger partial charge in [-0.15, -0.1) is 0 Å². The van der Waals surface area contributed by atoms with Gasteiger partial charge in [0.15, 0.2) is 0 Å². The van der Waals surface area contributed by atoms with Gasteiger partial charge in [0, 0.05) is 13.1 Å². The lowest BCUT2D eigenvalue weighted by Gasteiger charge is -2.19. The normalized spacial score (nSPS) is 11.0. The second kappa shape index (κ2) is 7.84. The molecule has 0 aliphatic carbocycles. The summed E-state index contributed by atoms with van der Waals surface area (Å²) in [5, 5.41) is 7.26. The summed E-state index contributed by atoms with van der Waals surface area (Å²) >= 11 is 5.91. The Bertz CT molecular complexity index is 544. The van der Waals surface area contributed by atoms with Crippen LogP contribution in [0.1, 0.15) is 20.3 Å². The Morgan fingerprint density at radius 2 is 2.10 bits per heavy atom. The van der Waals surface area contributed by atoms with Crippen molar-refractivity contribution >= 4 is 17.5 Å². The van der Waals surface area contributed by atoms with Gasteiger partial charge in [0.1, 0.15) is 12.7 Å². The summed E-state index contributed by atoms with van der Waals surface area (Å²) in [7, 11) is 0. The van der Waals surface area contributed by atoms with Crippen molar-refractivity contribution in [1.29, 1.82) is 0 Å². The molecule has 0 unspecified atom stereocenters. The van der Waals surface area contributed by atoms with Gasteiger partial charge in [0.05, 0.1) is 0 Å². The molecule has 1 N–H and O–H groups in total. The summed E-state index contributed by atoms with van der Waals surface area (Å²) in [5.74, 6) is 0.781. The number of nitrogens with one attached hydrogen (secondary N) is 1. The number of halogens is 1. The fraction of sp³-hybridized carbons (Fsp3) is 0.583. The van der Waals surface area contributed by atoms with Crippen LogP contribution in [-0.2, 0) is 0 Å². The van der Waals surface area contributed by atoms with E-state index in [1.54, 1.807) is 0 Å². The Morgan fingerprint density at radius 1 is 1.24 bits per heavy atom. The smallest absolute Gasteiger partial charge is 0.258 e. The molecule has 0 fully saturated rings. The lowest BCUT2D eigenvalue weighted by atomic mass is 10.4. The predicted molar refractivity (Wildman–Crippen MR) is 80.6 cm³/mol. The second-order valence-electron chi connectivity index (χ2n) is 4.43. The summed E-state index contributed by atoms with van der Waals surface area (Å²) in [6.07, 6.45) is 4.06. The number of rotatable bonds is 8. The van der Waals surface area contributed by atoms with Crippen molar-refractivity contribution in [3.05, 3.63) is 17.9 Å². The number of hydrogen-bond donors (Lipinski definition) is 1. The fourth-order valence-electron chi connectivity index (χ4n) is 1.90. The molecule has 0 atom stereocenters. The molecule has 9 heteroatoms. The average molecular weight is 311 g/mol. The largest absolute Gasteiger partial charge is 0.353 e. The molecule has 0 amide bonds. The lowest BCUT2D eigenvalue weighted by Crippen LogP contribution is -2.30. The molecule has 0 radical (unpaired) electrons. The van der Waals surface area contributed by atoms with E-state index in [4.69, 9.17) is 11.6 Å². The maximum absolute atomic E-state index is 5.91. The van der Waals surface area contributed by atoms with Gasteiger partial charge in [0.25, 0.3) is 5.95 Å². The molecular weight excluding hydrogens is 292 g/mol. The Labute approximate surface area is 128 Å². The second-order valence-corrected chi connectivity index (χ2v) is 4.77. The molecule has 0 saturated carbocycles. The van der Waals surface area contributed by atoms with Gasteiger partial charge >= 0.3 is 0 Å². The molecule has 2 aromatic rings. The van der Waals surface area contributed by atoms with Crippen LogP contribution in [0.4, 0.5) is 5.95 Å². The van der Waals surface area contributed by atoms with Crippen LogP contribution in [0.25, 0.3) is 5.95 Å². The quantitative estimate of drug-likeness (QED) is 0.785. The molecule has 8 nitrogen and oxygen atoms in total. The topological polar surface area (TPSA) is 84.6 Å². The van der Waals surface area contributed by atoms with Gasteiger partial charge in [0.2, 0.25) is 11.2 Å². The maximum atomic E-state index is 5.91. The number of nitrogens with zero attached hydrogens (tertiary/aromatic N) is 7. The van der Waals surface area contributed by atoms with Crippen molar-refractivity contribution in [2.45, 2.75) is 20.3 Å². The van der Waals surface area contributed by atoms with E-state index in [0.29, 0.717) is 11.9 Å². The zero-order chi connectivity index (χ0) is 15.1. The molecule has 0 saturated heterocycles. The van der Waals surface area contributed by atoms with E-state index in [1.165, 1.54) is 17.3 Å². The van der Waals surface area contributed by atoms with E-state index >= 15 is 0 Å². The van der Waals surface area contributed by atoms with E-state index in [2.05, 4.69) is 49.1 Å². The number of likely N-dealkylation sites (N-methyl/N-ethyl adjacent to an activating group) is 1. The van der Waals surface area contributed by atoms with Gasteiger partial charge in [-0.1, -0.05) is 13.8 Å². The van der Waals surface area contributed by atoms with Crippen molar-refractivity contribution in [1.82, 2.24) is 34.6 Å². The van der Waals surface area contributed by atoms with Crippen LogP contribution >= 0.6 is 11.6 Å². The van der Waals surface area contributed by atoms with Gasteiger partial charge in [-0.05, 0) is 31.1 Å². The van der Waals surface area contributed by atoms with Crippen LogP contribution in [0.2, 0.25) is 5.28 Å². The third kappa shape index (κ3) is 4.61. The monoisotopic (exact) mass is 310 g/mol. The molecule has 2 heterocycles. The highest BCUT2D eigenvalue weighted by molar-refractivity contribution is 6.28. The molecule has 0 aliphatic rings. The zero-order valence-corrected chi connectivity index (χ0v) is 13.0. The van der Waals surface area contributed by atoms with Crippen LogP contribution in [-0.4, -0.2) is 60.8 Å². The van der Waals surface area contributed by atoms with Crippen molar-refractivity contribution in [2.75, 3.05) is 31.5 Å². The molecule has 2 aromatic heterocycles. The minimum Gasteiger partial charge on any atom is -0.353 e. The van der Waals surface area contributed by atoms with Crippen LogP contribution in [0.15, 0.2) is 12.7 Å². The Morgan fingerprint density at radius 3 is 2.76 bits per heavy atom. The predicted octanol–water partition coefficient (Wildman–Crippen LogP) is 1.25. The third-order valence-corrected chi connectivity index (χ3v) is 3.09. The van der Waals surface area contributed by atoms with Gasteiger partial charge in [-0.3, -0.25) is 0 Å². The van der Waals surface area contributed by atoms with Crippen LogP contribution < -0.4 is 5.32 Å². The number of anilines is 1. The molecule has 0 aromatic carbocycles. The van der Waals surface area contributed by atoms with E-state index in [9.17, 15) is 0 Å². The summed E-state index contributed by atoms with van der Waals surface area (Å²) < 4.78 is 1.44. The highest BCUT2D eigenvalue weighted by Crippen LogP contribution is 2.08. The molecule has 114 valence electrons. The Balaban J connectivity index is 1.97. The first-order chi connectivity index (χ1) is 10.2. The van der Waals surface area contributed by atoms with E-state index in [1.807, 2.05) is 0 Å². The van der Waals surface area contributed by atoms with Crippen LogP contribution in [0.3, 0.4) is 0 Å². The molecular formula is C12H19ClN8. The first-order valence-corrected chi connectivity index (χ1v) is 7.33. The first-order valence-electron chi connectivity index (χ1n) is 6.95. The fourth-order valence-corrected chi connectivity index (χ4v) is 2.06. The van der Waals surface area contributed by atoms with Gasteiger partial charge in [-0.25, -0.2) is 4.98 Å². The molecule has 0 spiro atoms. The van der Waals surface area contributed by atoms with Crippen molar-refractivity contribution in [3.8, 4) is 5.95 Å². The van der Waals surface area contributed by atoms with Crippen LogP contribution in [0.5, 0.6) is 0 Å². The Hall–Kier alpha value is -1.80. The minimum absolute atomic E-state index is 0.124. The van der Waals surface area contributed by atoms with Crippen molar-refractivity contribution in [3.63, 3.8) is 0 Å². The van der Waals surface area contributed by atoms with E-state index in [0.717, 1.165) is 32.6 Å². The first kappa shape index (κ1) is 15.6. The van der Waals surface area contributed by atoms with Gasteiger partial charge in [-0.2, -0.15) is 24.7 Å². The maximum Gasteiger partial charge on any atom is 0.258 e. The molecule has 2 rings (SSSR count). The van der Waals surface area contributed by atoms with E-state index in [-0.39, 0.29) is 5.28 Å². The van der Waals surface area contributed by atoms with E-state index < -0.39 is 0 Å². The highest BCUT2D eigenvalue weighted by Gasteiger charge is 2.08. The minimum atomic E-state index is 0.124. The molecule has 0 bridgehead atoms. The summed E-state index contributed by atoms with van der Waals surface area (Å²) in [4.78, 5) is 18.6. The molecule has 0 aliphatic heterocycles. The summed E-state index contributed by atoms with van der Waals surface area (Å²) in [6, 6.07) is 0. The third-order valence-electron chi connectivity index (χ3n) is 2.92. The molecule has 21 heavy (non-hydrogen) atoms. The lowest BCUT2D eigenvalue weighted by molar-refractivity contribution is 0.300.